The van der Waals surface area contributed by atoms with E-state index in [1.807, 2.05) is 0 Å². The Morgan fingerprint density at radius 2 is 1.90 bits per heavy atom. The van der Waals surface area contributed by atoms with Gasteiger partial charge in [0.25, 0.3) is 5.91 Å². The number of nitrogens with one attached hydrogen (secondary N) is 1. The third-order valence-electron chi connectivity index (χ3n) is 4.10. The van der Waals surface area contributed by atoms with Crippen molar-refractivity contribution in [1.82, 2.24) is 5.32 Å². The molecule has 0 aliphatic rings. The van der Waals surface area contributed by atoms with Crippen LogP contribution in [0.1, 0.15) is 11.1 Å². The number of sulfonamides is 1. The van der Waals surface area contributed by atoms with Gasteiger partial charge in [0.2, 0.25) is 10.0 Å². The van der Waals surface area contributed by atoms with E-state index in [2.05, 4.69) is 5.32 Å². The molecule has 0 atom stereocenters. The highest BCUT2D eigenvalue weighted by Gasteiger charge is 2.11. The number of rotatable bonds is 6. The summed E-state index contributed by atoms with van der Waals surface area (Å²) < 4.78 is 33.0. The van der Waals surface area contributed by atoms with E-state index < -0.39 is 21.6 Å². The van der Waals surface area contributed by atoms with E-state index in [1.54, 1.807) is 25.1 Å². The molecule has 8 nitrogen and oxygen atoms in total. The van der Waals surface area contributed by atoms with Crippen molar-refractivity contribution in [3.8, 4) is 5.75 Å². The number of ether oxygens (including phenoxy) is 1. The summed E-state index contributed by atoms with van der Waals surface area (Å²) in [5.41, 5.74) is 1.22. The molecule has 0 fully saturated rings. The predicted molar refractivity (Wildman–Crippen MR) is 107 cm³/mol. The lowest BCUT2D eigenvalue weighted by Crippen LogP contribution is -2.28. The zero-order valence-electron chi connectivity index (χ0n) is 15.3. The summed E-state index contributed by atoms with van der Waals surface area (Å²) in [6.07, 6.45) is 0. The molecule has 1 amide bonds. The van der Waals surface area contributed by atoms with Crippen molar-refractivity contribution in [2.24, 2.45) is 5.14 Å². The van der Waals surface area contributed by atoms with E-state index in [0.29, 0.717) is 16.5 Å². The Balaban J connectivity index is 1.62. The minimum absolute atomic E-state index is 0.0104. The average molecular weight is 437 g/mol. The summed E-state index contributed by atoms with van der Waals surface area (Å²) in [7, 11) is -3.76. The molecule has 0 saturated heterocycles. The number of benzene rings is 2. The number of carbonyl (C=O) groups excluding carboxylic acids is 1. The second-order valence-electron chi connectivity index (χ2n) is 6.28. The molecule has 2 aromatic carbocycles. The fraction of sp³-hybridized carbons (Fsp3) is 0.158. The molecule has 0 aliphatic heterocycles. The number of aryl methyl sites for hydroxylation is 1. The zero-order chi connectivity index (χ0) is 21.2. The fourth-order valence-electron chi connectivity index (χ4n) is 2.62. The summed E-state index contributed by atoms with van der Waals surface area (Å²) in [4.78, 5) is 23.5. The van der Waals surface area contributed by atoms with Gasteiger partial charge in [-0.1, -0.05) is 23.7 Å². The first-order chi connectivity index (χ1) is 13.6. The largest absolute Gasteiger partial charge is 0.482 e. The molecule has 0 radical (unpaired) electrons. The zero-order valence-corrected chi connectivity index (χ0v) is 16.8. The van der Waals surface area contributed by atoms with Gasteiger partial charge < -0.3 is 14.5 Å². The Morgan fingerprint density at radius 3 is 2.55 bits per heavy atom. The molecule has 3 aromatic rings. The van der Waals surface area contributed by atoms with Gasteiger partial charge in [0, 0.05) is 24.1 Å². The molecule has 0 unspecified atom stereocenters. The number of hydrogen-bond donors (Lipinski definition) is 2. The molecule has 152 valence electrons. The number of carbonyl (C=O) groups is 1. The predicted octanol–water partition coefficient (Wildman–Crippen LogP) is 2.10. The van der Waals surface area contributed by atoms with E-state index in [0.717, 1.165) is 5.56 Å². The molecule has 1 heterocycles. The van der Waals surface area contributed by atoms with Crippen LogP contribution in [0.15, 0.2) is 56.6 Å². The van der Waals surface area contributed by atoms with Gasteiger partial charge >= 0.3 is 5.63 Å². The topological polar surface area (TPSA) is 129 Å². The van der Waals surface area contributed by atoms with Crippen LogP contribution in [-0.2, 0) is 21.4 Å². The van der Waals surface area contributed by atoms with Gasteiger partial charge in [-0.05, 0) is 36.2 Å². The summed E-state index contributed by atoms with van der Waals surface area (Å²) >= 11 is 6.19. The van der Waals surface area contributed by atoms with Crippen LogP contribution in [0.3, 0.4) is 0 Å². The Bertz CT molecular complexity index is 1240. The molecular formula is C19H17ClN2O6S. The Hall–Kier alpha value is -2.88. The molecule has 0 bridgehead atoms. The molecule has 0 aliphatic carbocycles. The summed E-state index contributed by atoms with van der Waals surface area (Å²) in [5, 5.41) is 8.63. The van der Waals surface area contributed by atoms with Gasteiger partial charge in [-0.3, -0.25) is 4.79 Å². The normalized spacial score (nSPS) is 11.4. The van der Waals surface area contributed by atoms with Crippen molar-refractivity contribution in [1.29, 1.82) is 0 Å². The van der Waals surface area contributed by atoms with Gasteiger partial charge in [-0.2, -0.15) is 0 Å². The van der Waals surface area contributed by atoms with E-state index in [-0.39, 0.29) is 28.8 Å². The van der Waals surface area contributed by atoms with Crippen molar-refractivity contribution < 1.29 is 22.4 Å². The first-order valence-electron chi connectivity index (χ1n) is 8.39. The van der Waals surface area contributed by atoms with Crippen LogP contribution in [0.2, 0.25) is 5.02 Å². The molecule has 0 saturated carbocycles. The number of fused-ring (bicyclic) bond motifs is 1. The lowest BCUT2D eigenvalue weighted by molar-refractivity contribution is -0.123. The molecule has 29 heavy (non-hydrogen) atoms. The highest BCUT2D eigenvalue weighted by molar-refractivity contribution is 7.89. The van der Waals surface area contributed by atoms with Crippen LogP contribution in [0.25, 0.3) is 11.0 Å². The standard InChI is InChI=1S/C19H17ClN2O6S/c1-11-6-19(24)28-16-8-17(15(20)7-14(11)16)27-10-18(23)22-9-12-2-4-13(5-3-12)29(21,25)26/h2-8H,9-10H2,1H3,(H,22,23)(H2,21,25,26). The second kappa shape index (κ2) is 8.24. The lowest BCUT2D eigenvalue weighted by Gasteiger charge is -2.10. The molecule has 3 rings (SSSR count). The van der Waals surface area contributed by atoms with Crippen LogP contribution in [-0.4, -0.2) is 20.9 Å². The Morgan fingerprint density at radius 1 is 1.21 bits per heavy atom. The first kappa shape index (κ1) is 20.8. The van der Waals surface area contributed by atoms with Crippen molar-refractivity contribution >= 4 is 38.5 Å². The summed E-state index contributed by atoms with van der Waals surface area (Å²) in [6.45, 7) is 1.63. The molecule has 1 aromatic heterocycles. The highest BCUT2D eigenvalue weighted by Crippen LogP contribution is 2.30. The van der Waals surface area contributed by atoms with Gasteiger partial charge in [-0.25, -0.2) is 18.4 Å². The van der Waals surface area contributed by atoms with Crippen LogP contribution in [0.4, 0.5) is 0 Å². The SMILES string of the molecule is Cc1cc(=O)oc2cc(OCC(=O)NCc3ccc(S(N)(=O)=O)cc3)c(Cl)cc12. The number of hydrogen-bond acceptors (Lipinski definition) is 6. The number of primary sulfonamides is 1. The molecule has 3 N–H and O–H groups in total. The minimum atomic E-state index is -3.76. The van der Waals surface area contributed by atoms with Crippen molar-refractivity contribution in [3.63, 3.8) is 0 Å². The third kappa shape index (κ3) is 5.14. The lowest BCUT2D eigenvalue weighted by atomic mass is 10.1. The monoisotopic (exact) mass is 436 g/mol. The van der Waals surface area contributed by atoms with Crippen molar-refractivity contribution in [2.75, 3.05) is 6.61 Å². The third-order valence-corrected chi connectivity index (χ3v) is 5.33. The molecular weight excluding hydrogens is 420 g/mol. The number of amides is 1. The van der Waals surface area contributed by atoms with E-state index in [1.165, 1.54) is 24.3 Å². The van der Waals surface area contributed by atoms with Crippen LogP contribution >= 0.6 is 11.6 Å². The number of halogens is 1. The van der Waals surface area contributed by atoms with Crippen molar-refractivity contribution in [2.45, 2.75) is 18.4 Å². The van der Waals surface area contributed by atoms with Crippen LogP contribution in [0, 0.1) is 6.92 Å². The average Bonchev–Trinajstić information content (AvgIpc) is 2.65. The number of nitrogens with two attached hydrogens (primary N) is 1. The smallest absolute Gasteiger partial charge is 0.336 e. The second-order valence-corrected chi connectivity index (χ2v) is 8.25. The summed E-state index contributed by atoms with van der Waals surface area (Å²) in [6, 6.07) is 10.2. The van der Waals surface area contributed by atoms with Gasteiger partial charge in [-0.15, -0.1) is 0 Å². The fourth-order valence-corrected chi connectivity index (χ4v) is 3.36. The maximum atomic E-state index is 12.0. The quantitative estimate of drug-likeness (QED) is 0.569. The minimum Gasteiger partial charge on any atom is -0.482 e. The van der Waals surface area contributed by atoms with Crippen LogP contribution in [0.5, 0.6) is 5.75 Å². The van der Waals surface area contributed by atoms with E-state index >= 15 is 0 Å². The van der Waals surface area contributed by atoms with Crippen molar-refractivity contribution in [3.05, 3.63) is 69.0 Å². The van der Waals surface area contributed by atoms with Crippen LogP contribution < -0.4 is 20.8 Å². The summed E-state index contributed by atoms with van der Waals surface area (Å²) in [5.74, 6) is -0.206. The maximum Gasteiger partial charge on any atom is 0.336 e. The van der Waals surface area contributed by atoms with Gasteiger partial charge in [0.05, 0.1) is 9.92 Å². The first-order valence-corrected chi connectivity index (χ1v) is 10.3. The molecule has 0 spiro atoms. The van der Waals surface area contributed by atoms with E-state index in [9.17, 15) is 18.0 Å². The van der Waals surface area contributed by atoms with Gasteiger partial charge in [0.15, 0.2) is 6.61 Å². The van der Waals surface area contributed by atoms with Gasteiger partial charge in [0.1, 0.15) is 11.3 Å². The maximum absolute atomic E-state index is 12.0. The Labute approximate surface area is 171 Å². The Kier molecular flexibility index (Phi) is 5.92. The highest BCUT2D eigenvalue weighted by atomic mass is 35.5. The van der Waals surface area contributed by atoms with E-state index in [4.69, 9.17) is 25.9 Å². The molecule has 10 heteroatoms.